The first kappa shape index (κ1) is 22.5. The van der Waals surface area contributed by atoms with Gasteiger partial charge in [0.05, 0.1) is 5.57 Å². The van der Waals surface area contributed by atoms with Crippen LogP contribution in [0.5, 0.6) is 0 Å². The fourth-order valence-corrected chi connectivity index (χ4v) is 5.84. The highest BCUT2D eigenvalue weighted by Gasteiger charge is 2.45. The van der Waals surface area contributed by atoms with Gasteiger partial charge in [0, 0.05) is 22.7 Å². The van der Waals surface area contributed by atoms with Crippen molar-refractivity contribution in [1.82, 2.24) is 0 Å². The summed E-state index contributed by atoms with van der Waals surface area (Å²) in [5.41, 5.74) is 2.44. The van der Waals surface area contributed by atoms with Crippen LogP contribution in [0.1, 0.15) is 41.0 Å². The summed E-state index contributed by atoms with van der Waals surface area (Å²) in [6.07, 6.45) is 16.4. The van der Waals surface area contributed by atoms with Crippen molar-refractivity contribution >= 4 is 22.6 Å². The topological polar surface area (TPSA) is 9.23 Å². The number of rotatable bonds is 6. The van der Waals surface area contributed by atoms with Gasteiger partial charge in [-0.25, -0.2) is 0 Å². The Balaban J connectivity index is 1.63. The second-order valence-corrected chi connectivity index (χ2v) is 10.8. The van der Waals surface area contributed by atoms with E-state index in [1.54, 1.807) is 18.2 Å². The predicted octanol–water partition coefficient (Wildman–Crippen LogP) is 8.37. The van der Waals surface area contributed by atoms with E-state index in [4.69, 9.17) is 4.74 Å². The minimum atomic E-state index is -3.43. The van der Waals surface area contributed by atoms with Crippen LogP contribution in [0.2, 0.25) is 0 Å². The highest BCUT2D eigenvalue weighted by Crippen LogP contribution is 2.53. The van der Waals surface area contributed by atoms with Gasteiger partial charge in [0.25, 0.3) is 0 Å². The van der Waals surface area contributed by atoms with Crippen LogP contribution in [0.25, 0.3) is 0 Å². The molecule has 31 heavy (non-hydrogen) atoms. The van der Waals surface area contributed by atoms with Crippen molar-refractivity contribution in [1.29, 1.82) is 0 Å². The maximum atomic E-state index is 15.5. The van der Waals surface area contributed by atoms with Crippen LogP contribution in [0, 0.1) is 22.7 Å². The van der Waals surface area contributed by atoms with Gasteiger partial charge in [-0.1, -0.05) is 80.0 Å². The van der Waals surface area contributed by atoms with E-state index in [0.29, 0.717) is 0 Å². The second kappa shape index (κ2) is 7.72. The fourth-order valence-electron chi connectivity index (χ4n) is 4.81. The van der Waals surface area contributed by atoms with Gasteiger partial charge in [-0.3, -0.25) is 0 Å². The molecular weight excluding hydrogens is 505 g/mol. The van der Waals surface area contributed by atoms with Crippen molar-refractivity contribution in [2.75, 3.05) is 0 Å². The van der Waals surface area contributed by atoms with Crippen LogP contribution >= 0.6 is 22.6 Å². The van der Waals surface area contributed by atoms with Crippen LogP contribution in [-0.2, 0) is 4.74 Å². The molecule has 0 spiro atoms. The molecule has 0 aromatic carbocycles. The van der Waals surface area contributed by atoms with E-state index in [9.17, 15) is 0 Å². The lowest BCUT2D eigenvalue weighted by Crippen LogP contribution is -2.26. The average Bonchev–Trinajstić information content (AvgIpc) is 3.55. The van der Waals surface area contributed by atoms with Crippen molar-refractivity contribution in [3.05, 3.63) is 92.4 Å². The standard InChI is InChI=1S/C27H29F2IO/c1-6-19-11-22(19)26(5)14-18(3)8-10-21(16-26)31-27(28,29)20-9-7-17(2)13-25(4,15-20)23-12-24(23)30/h7-16,22-23H,6H2,1-5H3. The van der Waals surface area contributed by atoms with E-state index < -0.39 is 11.5 Å². The Kier molecular flexibility index (Phi) is 5.60. The number of halogens is 3. The van der Waals surface area contributed by atoms with Crippen LogP contribution < -0.4 is 0 Å². The number of hydrogen-bond acceptors (Lipinski definition) is 1. The molecule has 164 valence electrons. The SMILES string of the molecule is CCC1=CC1C1(C)C=C(C)C=CC(OC(F)(F)C2=CC(C)(C3C=C3I)C=C(C)C=C2)=C1. The zero-order valence-corrected chi connectivity index (χ0v) is 20.8. The molecule has 4 atom stereocenters. The number of allylic oxidation sites excluding steroid dienone is 13. The second-order valence-electron chi connectivity index (χ2n) is 9.54. The molecule has 0 radical (unpaired) electrons. The van der Waals surface area contributed by atoms with E-state index in [1.165, 1.54) is 15.2 Å². The molecule has 4 aliphatic rings. The summed E-state index contributed by atoms with van der Waals surface area (Å²) in [7, 11) is 0. The van der Waals surface area contributed by atoms with Gasteiger partial charge in [-0.15, -0.1) is 0 Å². The first-order valence-electron chi connectivity index (χ1n) is 10.8. The average molecular weight is 534 g/mol. The normalized spacial score (nSPS) is 34.5. The highest BCUT2D eigenvalue weighted by molar-refractivity contribution is 14.1. The summed E-state index contributed by atoms with van der Waals surface area (Å²) in [4.78, 5) is 0. The molecule has 0 saturated heterocycles. The van der Waals surface area contributed by atoms with Crippen LogP contribution in [0.3, 0.4) is 0 Å². The Morgan fingerprint density at radius 3 is 2.03 bits per heavy atom. The molecule has 0 saturated carbocycles. The Morgan fingerprint density at radius 2 is 1.48 bits per heavy atom. The zero-order chi connectivity index (χ0) is 22.6. The quantitative estimate of drug-likeness (QED) is 0.246. The summed E-state index contributed by atoms with van der Waals surface area (Å²) in [6, 6.07) is 0. The van der Waals surface area contributed by atoms with Crippen LogP contribution in [0.15, 0.2) is 92.4 Å². The number of hydrogen-bond donors (Lipinski definition) is 0. The van der Waals surface area contributed by atoms with E-state index >= 15 is 8.78 Å². The predicted molar refractivity (Wildman–Crippen MR) is 132 cm³/mol. The third kappa shape index (κ3) is 4.59. The molecule has 4 aliphatic carbocycles. The molecule has 0 aromatic rings. The Hall–Kier alpha value is -1.69. The van der Waals surface area contributed by atoms with E-state index in [0.717, 1.165) is 17.6 Å². The number of ether oxygens (including phenoxy) is 1. The molecule has 0 fully saturated rings. The summed E-state index contributed by atoms with van der Waals surface area (Å²) in [5.74, 6) is 0.657. The van der Waals surface area contributed by atoms with Gasteiger partial charge in [-0.2, -0.15) is 8.78 Å². The molecule has 0 aromatic heterocycles. The first-order chi connectivity index (χ1) is 14.5. The van der Waals surface area contributed by atoms with Crippen molar-refractivity contribution < 1.29 is 13.5 Å². The Morgan fingerprint density at radius 1 is 0.903 bits per heavy atom. The van der Waals surface area contributed by atoms with E-state index in [1.807, 2.05) is 32.9 Å². The maximum Gasteiger partial charge on any atom is 0.426 e. The molecule has 0 N–H and O–H groups in total. The molecule has 4 heteroatoms. The molecule has 0 bridgehead atoms. The molecule has 0 heterocycles. The Bertz CT molecular complexity index is 1050. The molecular formula is C27H29F2IO. The van der Waals surface area contributed by atoms with Gasteiger partial charge < -0.3 is 4.74 Å². The lowest BCUT2D eigenvalue weighted by molar-refractivity contribution is -0.177. The fraction of sp³-hybridized carbons (Fsp3) is 0.407. The maximum absolute atomic E-state index is 15.5. The third-order valence-corrected chi connectivity index (χ3v) is 7.58. The third-order valence-electron chi connectivity index (χ3n) is 6.55. The van der Waals surface area contributed by atoms with Gasteiger partial charge in [0.1, 0.15) is 5.76 Å². The van der Waals surface area contributed by atoms with Gasteiger partial charge in [0.2, 0.25) is 0 Å². The molecule has 4 rings (SSSR count). The van der Waals surface area contributed by atoms with Crippen molar-refractivity contribution in [2.24, 2.45) is 22.7 Å². The summed E-state index contributed by atoms with van der Waals surface area (Å²) >= 11 is 2.28. The summed E-state index contributed by atoms with van der Waals surface area (Å²) in [5, 5.41) is 0. The summed E-state index contributed by atoms with van der Waals surface area (Å²) < 4.78 is 37.6. The number of alkyl halides is 2. The summed E-state index contributed by atoms with van der Waals surface area (Å²) in [6.45, 7) is 10.2. The van der Waals surface area contributed by atoms with E-state index in [-0.39, 0.29) is 28.6 Å². The Labute approximate surface area is 197 Å². The minimum Gasteiger partial charge on any atom is -0.429 e. The van der Waals surface area contributed by atoms with Crippen LogP contribution in [0.4, 0.5) is 8.78 Å². The van der Waals surface area contributed by atoms with E-state index in [2.05, 4.69) is 60.7 Å². The first-order valence-corrected chi connectivity index (χ1v) is 11.9. The molecule has 0 amide bonds. The monoisotopic (exact) mass is 534 g/mol. The zero-order valence-electron chi connectivity index (χ0n) is 18.7. The minimum absolute atomic E-state index is 0.101. The van der Waals surface area contributed by atoms with Gasteiger partial charge in [-0.05, 0) is 64.7 Å². The lowest BCUT2D eigenvalue weighted by atomic mass is 9.80. The smallest absolute Gasteiger partial charge is 0.426 e. The van der Waals surface area contributed by atoms with Gasteiger partial charge in [0.15, 0.2) is 0 Å². The molecule has 4 unspecified atom stereocenters. The molecule has 0 aliphatic heterocycles. The van der Waals surface area contributed by atoms with Crippen molar-refractivity contribution in [2.45, 2.75) is 47.1 Å². The highest BCUT2D eigenvalue weighted by atomic mass is 127. The van der Waals surface area contributed by atoms with Crippen LogP contribution in [-0.4, -0.2) is 6.11 Å². The van der Waals surface area contributed by atoms with Crippen molar-refractivity contribution in [3.63, 3.8) is 0 Å². The van der Waals surface area contributed by atoms with Crippen molar-refractivity contribution in [3.8, 4) is 0 Å². The largest absolute Gasteiger partial charge is 0.429 e. The van der Waals surface area contributed by atoms with Gasteiger partial charge >= 0.3 is 6.11 Å². The molecule has 1 nitrogen and oxygen atoms in total. The lowest BCUT2D eigenvalue weighted by Gasteiger charge is -2.28.